The third-order valence-corrected chi connectivity index (χ3v) is 12.3. The van der Waals surface area contributed by atoms with Crippen LogP contribution in [-0.4, -0.2) is 49.9 Å². The Morgan fingerprint density at radius 1 is 0.915 bits per heavy atom. The first-order valence-corrected chi connectivity index (χ1v) is 18.9. The second-order valence-corrected chi connectivity index (χ2v) is 17.0. The topological polar surface area (TPSA) is 109 Å². The average molecular weight is 651 g/mol. The highest BCUT2D eigenvalue weighted by Crippen LogP contribution is 2.60. The van der Waals surface area contributed by atoms with E-state index in [9.17, 15) is 19.5 Å². The van der Waals surface area contributed by atoms with Gasteiger partial charge in [0.05, 0.1) is 36.7 Å². The van der Waals surface area contributed by atoms with Crippen molar-refractivity contribution >= 4 is 37.2 Å². The Morgan fingerprint density at radius 3 is 2.32 bits per heavy atom. The van der Waals surface area contributed by atoms with Crippen LogP contribution < -0.4 is 19.3 Å². The number of ether oxygens (including phenoxy) is 3. The number of amides is 2. The van der Waals surface area contributed by atoms with Gasteiger partial charge in [-0.3, -0.25) is 14.5 Å². The minimum absolute atomic E-state index is 0.106. The molecule has 0 aromatic heterocycles. The highest BCUT2D eigenvalue weighted by Gasteiger charge is 2.66. The molecule has 3 heterocycles. The molecule has 0 aliphatic carbocycles. The fraction of sp³-hybridized carbons (Fsp3) is 0.297. The molecule has 7 rings (SSSR count). The van der Waals surface area contributed by atoms with Gasteiger partial charge in [-0.25, -0.2) is 0 Å². The van der Waals surface area contributed by atoms with Crippen molar-refractivity contribution in [3.05, 3.63) is 108 Å². The number of carbonyl (C=O) groups is 2. The zero-order valence-electron chi connectivity index (χ0n) is 26.8. The number of carbonyl (C=O) groups excluding carboxylic acids is 2. The van der Waals surface area contributed by atoms with E-state index in [0.717, 1.165) is 11.3 Å². The number of fused-ring (bicyclic) bond motifs is 4. The Hall–Kier alpha value is -4.48. The van der Waals surface area contributed by atoms with E-state index in [0.29, 0.717) is 46.2 Å². The molecule has 0 bridgehead atoms. The smallest absolute Gasteiger partial charge is 0.266 e. The molecule has 3 aliphatic heterocycles. The lowest BCUT2D eigenvalue weighted by molar-refractivity contribution is -0.146. The molecule has 0 radical (unpaired) electrons. The molecule has 4 atom stereocenters. The summed E-state index contributed by atoms with van der Waals surface area (Å²) in [5.41, 5.74) is 2.47. The molecule has 47 heavy (non-hydrogen) atoms. The van der Waals surface area contributed by atoms with Crippen molar-refractivity contribution in [2.24, 2.45) is 5.92 Å². The number of aliphatic hydroxyl groups excluding tert-OH is 1. The van der Waals surface area contributed by atoms with Gasteiger partial charge in [0, 0.05) is 29.3 Å². The lowest BCUT2D eigenvalue weighted by Crippen LogP contribution is -2.46. The largest absolute Gasteiger partial charge is 0.497 e. The van der Waals surface area contributed by atoms with Crippen LogP contribution in [0.4, 0.5) is 17.1 Å². The minimum Gasteiger partial charge on any atom is -0.497 e. The summed E-state index contributed by atoms with van der Waals surface area (Å²) in [6.07, 6.45) is -0.137. The van der Waals surface area contributed by atoms with Crippen LogP contribution in [0.5, 0.6) is 17.2 Å². The third-order valence-electron chi connectivity index (χ3n) is 9.79. The summed E-state index contributed by atoms with van der Waals surface area (Å²) in [6, 6.07) is 27.8. The number of hydrogen-bond donors (Lipinski definition) is 2. The van der Waals surface area contributed by atoms with Crippen LogP contribution in [0, 0.1) is 5.92 Å². The molecule has 1 spiro atoms. The summed E-state index contributed by atoms with van der Waals surface area (Å²) < 4.78 is 18.4. The minimum atomic E-state index is -2.81. The SMILES string of the molecule is COc1ccc2c(c1)[C@@]1(O[C@H](CCO)[C@@H]([Si](C)(C)O)[C@@H]1C)C(=O)N2Cc1ccc(N2C(=O)c3ccccc3Oc3ccccc32)cc1. The molecule has 9 nitrogen and oxygen atoms in total. The molecule has 2 amide bonds. The van der Waals surface area contributed by atoms with Gasteiger partial charge in [-0.2, -0.15) is 0 Å². The summed E-state index contributed by atoms with van der Waals surface area (Å²) >= 11 is 0. The lowest BCUT2D eigenvalue weighted by atomic mass is 9.82. The number of rotatable bonds is 7. The molecule has 1 fully saturated rings. The molecule has 3 aliphatic rings. The first-order valence-electron chi connectivity index (χ1n) is 15.9. The fourth-order valence-electron chi connectivity index (χ4n) is 7.74. The Balaban J connectivity index is 1.24. The van der Waals surface area contributed by atoms with Gasteiger partial charge >= 0.3 is 0 Å². The maximum atomic E-state index is 14.6. The van der Waals surface area contributed by atoms with Gasteiger partial charge in [0.25, 0.3) is 11.8 Å². The molecule has 1 saturated heterocycles. The highest BCUT2D eigenvalue weighted by atomic mass is 28.4. The summed E-state index contributed by atoms with van der Waals surface area (Å²) in [5, 5.41) is 9.88. The summed E-state index contributed by atoms with van der Waals surface area (Å²) in [6.45, 7) is 5.87. The van der Waals surface area contributed by atoms with Gasteiger partial charge in [0.2, 0.25) is 0 Å². The molecular weight excluding hydrogens is 613 g/mol. The second-order valence-electron chi connectivity index (χ2n) is 13.0. The van der Waals surface area contributed by atoms with Gasteiger partial charge < -0.3 is 29.0 Å². The Kier molecular flexibility index (Phi) is 7.71. The first kappa shape index (κ1) is 31.1. The zero-order chi connectivity index (χ0) is 33.1. The maximum absolute atomic E-state index is 14.6. The van der Waals surface area contributed by atoms with Gasteiger partial charge in [0.1, 0.15) is 11.5 Å². The van der Waals surface area contributed by atoms with Gasteiger partial charge in [0.15, 0.2) is 19.7 Å². The number of anilines is 3. The lowest BCUT2D eigenvalue weighted by Gasteiger charge is -2.32. The van der Waals surface area contributed by atoms with E-state index in [1.807, 2.05) is 98.9 Å². The van der Waals surface area contributed by atoms with E-state index in [1.54, 1.807) is 29.0 Å². The number of methoxy groups -OCH3 is 1. The summed E-state index contributed by atoms with van der Waals surface area (Å²) in [4.78, 5) is 43.2. The van der Waals surface area contributed by atoms with Crippen molar-refractivity contribution in [1.29, 1.82) is 0 Å². The summed E-state index contributed by atoms with van der Waals surface area (Å²) in [5.74, 6) is 0.940. The Bertz CT molecular complexity index is 1860. The monoisotopic (exact) mass is 650 g/mol. The van der Waals surface area contributed by atoms with E-state index < -0.39 is 20.0 Å². The number of hydrogen-bond acceptors (Lipinski definition) is 7. The van der Waals surface area contributed by atoms with Crippen LogP contribution in [0.15, 0.2) is 91.0 Å². The van der Waals surface area contributed by atoms with Crippen LogP contribution >= 0.6 is 0 Å². The van der Waals surface area contributed by atoms with Crippen LogP contribution in [0.3, 0.4) is 0 Å². The molecule has 242 valence electrons. The molecule has 0 unspecified atom stereocenters. The standard InChI is InChI=1S/C37H38N2O7Si/c1-23-34(47(3,4)43)33(19-20-40)46-37(23)28-21-26(44-2)17-18-29(28)38(36(37)42)22-24-13-15-25(16-14-24)39-30-10-6-8-12-32(30)45-31-11-7-5-9-27(31)35(39)41/h5-18,21,23,33-34,40,43H,19-20,22H2,1-4H3/t23-,33+,34-,37+/m0/s1. The molecule has 10 heteroatoms. The normalized spacial score (nSPS) is 23.3. The van der Waals surface area contributed by atoms with Crippen molar-refractivity contribution < 1.29 is 33.7 Å². The van der Waals surface area contributed by atoms with Crippen molar-refractivity contribution in [1.82, 2.24) is 0 Å². The Morgan fingerprint density at radius 2 is 1.62 bits per heavy atom. The maximum Gasteiger partial charge on any atom is 0.266 e. The molecule has 4 aromatic carbocycles. The van der Waals surface area contributed by atoms with E-state index in [2.05, 4.69) is 0 Å². The number of nitrogens with zero attached hydrogens (tertiary/aromatic N) is 2. The van der Waals surface area contributed by atoms with Crippen LogP contribution in [0.25, 0.3) is 0 Å². The molecule has 4 aromatic rings. The predicted molar refractivity (Wildman–Crippen MR) is 181 cm³/mol. The van der Waals surface area contributed by atoms with Crippen LogP contribution in [0.2, 0.25) is 18.6 Å². The highest BCUT2D eigenvalue weighted by molar-refractivity contribution is 6.71. The predicted octanol–water partition coefficient (Wildman–Crippen LogP) is 6.51. The Labute approximate surface area is 275 Å². The van der Waals surface area contributed by atoms with Gasteiger partial charge in [-0.05, 0) is 79.7 Å². The fourth-order valence-corrected chi connectivity index (χ4v) is 10.3. The molecular formula is C37H38N2O7Si. The van der Waals surface area contributed by atoms with E-state index in [1.165, 1.54) is 0 Å². The second kappa shape index (κ2) is 11.6. The van der Waals surface area contributed by atoms with E-state index in [-0.39, 0.29) is 36.4 Å². The van der Waals surface area contributed by atoms with Crippen molar-refractivity contribution in [3.63, 3.8) is 0 Å². The number of benzene rings is 4. The first-order chi connectivity index (χ1) is 22.6. The quantitative estimate of drug-likeness (QED) is 0.220. The van der Waals surface area contributed by atoms with Gasteiger partial charge in [-0.15, -0.1) is 0 Å². The van der Waals surface area contributed by atoms with Crippen molar-refractivity contribution in [2.75, 3.05) is 23.5 Å². The van der Waals surface area contributed by atoms with Crippen molar-refractivity contribution in [3.8, 4) is 17.2 Å². The molecule has 0 saturated carbocycles. The van der Waals surface area contributed by atoms with E-state index in [4.69, 9.17) is 14.2 Å². The van der Waals surface area contributed by atoms with E-state index >= 15 is 0 Å². The summed E-state index contributed by atoms with van der Waals surface area (Å²) in [7, 11) is -1.22. The van der Waals surface area contributed by atoms with Crippen LogP contribution in [0.1, 0.15) is 34.8 Å². The average Bonchev–Trinajstić information content (AvgIpc) is 3.43. The third kappa shape index (κ3) is 4.94. The van der Waals surface area contributed by atoms with Crippen LogP contribution in [-0.2, 0) is 21.7 Å². The number of aliphatic hydroxyl groups is 1. The number of para-hydroxylation sites is 3. The van der Waals surface area contributed by atoms with Crippen molar-refractivity contribution in [2.45, 2.75) is 50.2 Å². The van der Waals surface area contributed by atoms with Gasteiger partial charge in [-0.1, -0.05) is 43.3 Å². The zero-order valence-corrected chi connectivity index (χ0v) is 27.8. The molecule has 2 N–H and O–H groups in total.